The largest absolute Gasteiger partial charge is 0.573 e. The number of benzene rings is 2. The van der Waals surface area contributed by atoms with Gasteiger partial charge in [-0.15, -0.1) is 24.5 Å². The molecule has 0 amide bonds. The highest BCUT2D eigenvalue weighted by atomic mass is 32.2. The van der Waals surface area contributed by atoms with Crippen molar-refractivity contribution < 1.29 is 26.7 Å². The highest BCUT2D eigenvalue weighted by Gasteiger charge is 2.31. The Balaban J connectivity index is 1.96. The lowest BCUT2D eigenvalue weighted by molar-refractivity contribution is -0.274. The fraction of sp³-hybridized carbons (Fsp3) is 0.481. The summed E-state index contributed by atoms with van der Waals surface area (Å²) >= 11 is -0.768. The Hall–Kier alpha value is -2.14. The van der Waals surface area contributed by atoms with Crippen molar-refractivity contribution in [3.63, 3.8) is 0 Å². The molecule has 10 heteroatoms. The number of fused-ring (bicyclic) bond motifs is 1. The van der Waals surface area contributed by atoms with Crippen LogP contribution in [0.15, 0.2) is 48.5 Å². The van der Waals surface area contributed by atoms with E-state index in [-0.39, 0.29) is 18.3 Å². The molecule has 0 saturated heterocycles. The van der Waals surface area contributed by atoms with Crippen LogP contribution in [0.25, 0.3) is 10.1 Å². The zero-order valence-corrected chi connectivity index (χ0v) is 23.4. The lowest BCUT2D eigenvalue weighted by Crippen LogP contribution is -2.48. The maximum atomic E-state index is 12.7. The molecule has 2 unspecified atom stereocenters. The Morgan fingerprint density at radius 2 is 1.57 bits per heavy atom. The van der Waals surface area contributed by atoms with Crippen LogP contribution in [0.5, 0.6) is 5.75 Å². The summed E-state index contributed by atoms with van der Waals surface area (Å²) in [5, 5.41) is 1.80. The second-order valence-electron chi connectivity index (χ2n) is 10.1. The Labute approximate surface area is 223 Å². The van der Waals surface area contributed by atoms with Gasteiger partial charge in [-0.2, -0.15) is 0 Å². The number of aryl methyl sites for hydroxylation is 1. The van der Waals surface area contributed by atoms with Gasteiger partial charge in [0.25, 0.3) is 11.3 Å². The van der Waals surface area contributed by atoms with Crippen molar-refractivity contribution in [2.24, 2.45) is 11.8 Å². The number of hydrogen-bond acceptors (Lipinski definition) is 4. The molecule has 1 aromatic heterocycles. The van der Waals surface area contributed by atoms with Gasteiger partial charge in [-0.3, -0.25) is 13.8 Å². The molecule has 2 aromatic carbocycles. The number of halogens is 3. The zero-order chi connectivity index (χ0) is 27.3. The Kier molecular flexibility index (Phi) is 10.0. The average Bonchev–Trinajstić information content (AvgIpc) is 3.11. The van der Waals surface area contributed by atoms with Crippen LogP contribution in [-0.4, -0.2) is 45.7 Å². The normalized spacial score (nSPS) is 14.1. The van der Waals surface area contributed by atoms with Crippen molar-refractivity contribution in [1.82, 2.24) is 4.90 Å². The standard InChI is InChI=1S/C27H35F3N2O3S2/c1-18(2)15-31(16-19(3)4)22(14-21-10-12-23(13-11-21)35-27(28,29)30)17-32(37(33)34)26-20(5)24-8-6-7-9-25(24)36-26/h6-13,18-19,22H,14-17H2,1-5H3,(H,33,34). The third-order valence-electron chi connectivity index (χ3n) is 5.95. The first-order valence-corrected chi connectivity index (χ1v) is 14.2. The summed E-state index contributed by atoms with van der Waals surface area (Å²) in [7, 11) is 0. The fourth-order valence-electron chi connectivity index (χ4n) is 4.53. The van der Waals surface area contributed by atoms with Crippen molar-refractivity contribution in [3.05, 3.63) is 59.7 Å². The van der Waals surface area contributed by atoms with Gasteiger partial charge < -0.3 is 4.74 Å². The van der Waals surface area contributed by atoms with Gasteiger partial charge >= 0.3 is 6.36 Å². The van der Waals surface area contributed by atoms with Gasteiger partial charge in [-0.05, 0) is 59.9 Å². The predicted octanol–water partition coefficient (Wildman–Crippen LogP) is 7.28. The molecule has 3 rings (SSSR count). The third kappa shape index (κ3) is 8.43. The summed E-state index contributed by atoms with van der Waals surface area (Å²) in [4.78, 5) is 2.33. The molecule has 1 heterocycles. The minimum absolute atomic E-state index is 0.153. The molecule has 0 bridgehead atoms. The van der Waals surface area contributed by atoms with E-state index in [0.717, 1.165) is 39.3 Å². The van der Waals surface area contributed by atoms with Crippen LogP contribution < -0.4 is 9.04 Å². The van der Waals surface area contributed by atoms with Crippen LogP contribution in [0.3, 0.4) is 0 Å². The number of alkyl halides is 3. The second kappa shape index (κ2) is 12.6. The topological polar surface area (TPSA) is 53.0 Å². The van der Waals surface area contributed by atoms with E-state index in [0.29, 0.717) is 18.3 Å². The highest BCUT2D eigenvalue weighted by Crippen LogP contribution is 2.38. The van der Waals surface area contributed by atoms with Gasteiger partial charge in [-0.1, -0.05) is 58.0 Å². The van der Waals surface area contributed by atoms with Crippen molar-refractivity contribution in [2.45, 2.75) is 53.4 Å². The van der Waals surface area contributed by atoms with Crippen LogP contribution in [0.4, 0.5) is 18.2 Å². The van der Waals surface area contributed by atoms with E-state index in [4.69, 9.17) is 0 Å². The van der Waals surface area contributed by atoms with Gasteiger partial charge in [0.05, 0.1) is 6.54 Å². The van der Waals surface area contributed by atoms with Crippen molar-refractivity contribution in [1.29, 1.82) is 0 Å². The molecule has 0 spiro atoms. The summed E-state index contributed by atoms with van der Waals surface area (Å²) in [5.41, 5.74) is 1.78. The molecule has 0 aliphatic rings. The van der Waals surface area contributed by atoms with Crippen LogP contribution >= 0.6 is 11.3 Å². The third-order valence-corrected chi connectivity index (χ3v) is 8.07. The first-order valence-electron chi connectivity index (χ1n) is 12.3. The molecular formula is C27H35F3N2O3S2. The fourth-order valence-corrected chi connectivity index (χ4v) is 6.53. The predicted molar refractivity (Wildman–Crippen MR) is 147 cm³/mol. The second-order valence-corrected chi connectivity index (χ2v) is 12.0. The number of nitrogens with zero attached hydrogens (tertiary/aromatic N) is 2. The number of hydrogen-bond donors (Lipinski definition) is 1. The van der Waals surface area contributed by atoms with Crippen LogP contribution in [-0.2, 0) is 17.7 Å². The average molecular weight is 557 g/mol. The van der Waals surface area contributed by atoms with Crippen molar-refractivity contribution in [2.75, 3.05) is 23.9 Å². The van der Waals surface area contributed by atoms with E-state index in [1.807, 2.05) is 31.2 Å². The van der Waals surface area contributed by atoms with Gasteiger partial charge in [0.1, 0.15) is 10.8 Å². The Morgan fingerprint density at radius 3 is 2.08 bits per heavy atom. The van der Waals surface area contributed by atoms with E-state index in [1.165, 1.54) is 23.5 Å². The maximum absolute atomic E-state index is 12.7. The first-order chi connectivity index (χ1) is 17.3. The molecule has 3 aromatic rings. The molecule has 0 fully saturated rings. The smallest absolute Gasteiger partial charge is 0.406 e. The first kappa shape index (κ1) is 29.4. The summed E-state index contributed by atoms with van der Waals surface area (Å²) < 4.78 is 67.5. The Morgan fingerprint density at radius 1 is 0.973 bits per heavy atom. The van der Waals surface area contributed by atoms with Crippen LogP contribution in [0.1, 0.15) is 38.8 Å². The molecule has 0 aliphatic heterocycles. The molecule has 0 radical (unpaired) electrons. The molecule has 5 nitrogen and oxygen atoms in total. The van der Waals surface area contributed by atoms with Gasteiger partial charge in [0.15, 0.2) is 0 Å². The molecule has 0 aliphatic carbocycles. The van der Waals surface area contributed by atoms with Gasteiger partial charge in [-0.25, -0.2) is 4.21 Å². The SMILES string of the molecule is Cc1c(N(CC(Cc2ccc(OC(F)(F)F)cc2)N(CC(C)C)CC(C)C)S(=O)O)sc2ccccc12. The minimum atomic E-state index is -4.75. The zero-order valence-electron chi connectivity index (χ0n) is 21.8. The van der Waals surface area contributed by atoms with Crippen LogP contribution in [0.2, 0.25) is 0 Å². The molecule has 37 heavy (non-hydrogen) atoms. The summed E-state index contributed by atoms with van der Waals surface area (Å²) in [6, 6.07) is 13.6. The monoisotopic (exact) mass is 556 g/mol. The molecular weight excluding hydrogens is 521 g/mol. The molecule has 0 saturated carbocycles. The number of anilines is 1. The number of rotatable bonds is 12. The van der Waals surface area contributed by atoms with E-state index < -0.39 is 17.6 Å². The number of ether oxygens (including phenoxy) is 1. The van der Waals surface area contributed by atoms with Crippen LogP contribution in [0, 0.1) is 18.8 Å². The minimum Gasteiger partial charge on any atom is -0.406 e. The summed E-state index contributed by atoms with van der Waals surface area (Å²) in [6.45, 7) is 12.3. The van der Waals surface area contributed by atoms with E-state index in [9.17, 15) is 21.9 Å². The van der Waals surface area contributed by atoms with Crippen molar-refractivity contribution in [3.8, 4) is 5.75 Å². The quantitative estimate of drug-likeness (QED) is 0.238. The Bertz CT molecular complexity index is 1170. The molecule has 204 valence electrons. The lowest BCUT2D eigenvalue weighted by Gasteiger charge is -2.37. The number of thiophene rings is 1. The van der Waals surface area contributed by atoms with Crippen molar-refractivity contribution >= 4 is 37.7 Å². The molecule has 1 N–H and O–H groups in total. The van der Waals surface area contributed by atoms with E-state index in [2.05, 4.69) is 37.3 Å². The maximum Gasteiger partial charge on any atom is 0.573 e. The lowest BCUT2D eigenvalue weighted by atomic mass is 10.0. The molecule has 2 atom stereocenters. The van der Waals surface area contributed by atoms with E-state index in [1.54, 1.807) is 16.4 Å². The summed E-state index contributed by atoms with van der Waals surface area (Å²) in [5.74, 6) is 0.457. The van der Waals surface area contributed by atoms with E-state index >= 15 is 0 Å². The van der Waals surface area contributed by atoms with Gasteiger partial charge in [0, 0.05) is 23.8 Å². The highest BCUT2D eigenvalue weighted by molar-refractivity contribution is 7.81. The summed E-state index contributed by atoms with van der Waals surface area (Å²) in [6.07, 6.45) is -4.24. The van der Waals surface area contributed by atoms with Gasteiger partial charge in [0.2, 0.25) is 0 Å².